The lowest BCUT2D eigenvalue weighted by Crippen LogP contribution is -2.27. The molecule has 1 aromatic carbocycles. The highest BCUT2D eigenvalue weighted by Gasteiger charge is 2.05. The monoisotopic (exact) mass is 248 g/mol. The lowest BCUT2D eigenvalue weighted by molar-refractivity contribution is 0.0926. The third-order valence-corrected chi connectivity index (χ3v) is 2.24. The molecule has 0 radical (unpaired) electrons. The Morgan fingerprint density at radius 1 is 1.44 bits per heavy atom. The Morgan fingerprint density at radius 3 is 2.78 bits per heavy atom. The zero-order valence-corrected chi connectivity index (χ0v) is 11.0. The number of nitrogens with one attached hydrogen (secondary N) is 1. The van der Waals surface area contributed by atoms with E-state index in [2.05, 4.69) is 11.9 Å². The van der Waals surface area contributed by atoms with Gasteiger partial charge in [-0.3, -0.25) is 4.79 Å². The third kappa shape index (κ3) is 5.01. The molecule has 0 saturated carbocycles. The molecular formula is C14H20N2O2. The van der Waals surface area contributed by atoms with Gasteiger partial charge in [-0.2, -0.15) is 0 Å². The summed E-state index contributed by atoms with van der Waals surface area (Å²) in [6.45, 7) is 9.00. The van der Waals surface area contributed by atoms with Crippen LogP contribution in [0.5, 0.6) is 0 Å². The molecule has 0 saturated heterocycles. The fourth-order valence-corrected chi connectivity index (χ4v) is 1.53. The van der Waals surface area contributed by atoms with E-state index in [0.717, 1.165) is 11.1 Å². The van der Waals surface area contributed by atoms with Crippen LogP contribution in [-0.2, 0) is 4.74 Å². The number of aryl methyl sites for hydroxylation is 1. The average molecular weight is 248 g/mol. The van der Waals surface area contributed by atoms with Crippen LogP contribution in [0.2, 0.25) is 0 Å². The van der Waals surface area contributed by atoms with Crippen LogP contribution in [0.4, 0.5) is 5.69 Å². The van der Waals surface area contributed by atoms with Crippen molar-refractivity contribution in [1.82, 2.24) is 5.32 Å². The van der Waals surface area contributed by atoms with Gasteiger partial charge in [-0.25, -0.2) is 0 Å². The number of hydrogen-bond donors (Lipinski definition) is 2. The Bertz CT molecular complexity index is 421. The van der Waals surface area contributed by atoms with Crippen molar-refractivity contribution in [1.29, 1.82) is 0 Å². The second-order valence-corrected chi connectivity index (χ2v) is 4.40. The molecule has 1 amide bonds. The van der Waals surface area contributed by atoms with E-state index in [4.69, 9.17) is 10.5 Å². The number of carbonyl (C=O) groups excluding carboxylic acids is 1. The number of nitrogens with two attached hydrogens (primary N) is 1. The molecular weight excluding hydrogens is 228 g/mol. The minimum Gasteiger partial charge on any atom is -0.399 e. The van der Waals surface area contributed by atoms with Crippen molar-refractivity contribution in [2.75, 3.05) is 25.5 Å². The van der Waals surface area contributed by atoms with E-state index in [-0.39, 0.29) is 5.91 Å². The smallest absolute Gasteiger partial charge is 0.251 e. The van der Waals surface area contributed by atoms with Crippen LogP contribution in [0.1, 0.15) is 22.8 Å². The minimum absolute atomic E-state index is 0.135. The maximum atomic E-state index is 11.8. The Morgan fingerprint density at radius 2 is 2.17 bits per heavy atom. The molecule has 18 heavy (non-hydrogen) atoms. The van der Waals surface area contributed by atoms with E-state index in [1.165, 1.54) is 0 Å². The molecule has 0 atom stereocenters. The molecule has 0 spiro atoms. The highest BCUT2D eigenvalue weighted by atomic mass is 16.5. The number of hydrogen-bond acceptors (Lipinski definition) is 3. The summed E-state index contributed by atoms with van der Waals surface area (Å²) in [4.78, 5) is 11.8. The van der Waals surface area contributed by atoms with Gasteiger partial charge in [0.2, 0.25) is 0 Å². The Hall–Kier alpha value is -1.81. The molecule has 98 valence electrons. The first-order valence-electron chi connectivity index (χ1n) is 5.86. The maximum absolute atomic E-state index is 11.8. The van der Waals surface area contributed by atoms with Crippen molar-refractivity contribution in [2.45, 2.75) is 13.8 Å². The van der Waals surface area contributed by atoms with Crippen molar-refractivity contribution in [3.8, 4) is 0 Å². The van der Waals surface area contributed by atoms with Gasteiger partial charge in [-0.1, -0.05) is 12.2 Å². The van der Waals surface area contributed by atoms with Gasteiger partial charge >= 0.3 is 0 Å². The van der Waals surface area contributed by atoms with Crippen molar-refractivity contribution in [2.24, 2.45) is 0 Å². The molecule has 0 heterocycles. The lowest BCUT2D eigenvalue weighted by atomic mass is 10.1. The number of nitrogen functional groups attached to an aromatic ring is 1. The van der Waals surface area contributed by atoms with Crippen LogP contribution in [0.3, 0.4) is 0 Å². The molecule has 4 heteroatoms. The number of amides is 1. The summed E-state index contributed by atoms with van der Waals surface area (Å²) in [6.07, 6.45) is 0. The van der Waals surface area contributed by atoms with Crippen LogP contribution in [-0.4, -0.2) is 25.7 Å². The first kappa shape index (κ1) is 14.3. The van der Waals surface area contributed by atoms with E-state index in [1.54, 1.807) is 12.1 Å². The van der Waals surface area contributed by atoms with E-state index in [0.29, 0.717) is 31.0 Å². The van der Waals surface area contributed by atoms with Gasteiger partial charge in [0.25, 0.3) is 5.91 Å². The summed E-state index contributed by atoms with van der Waals surface area (Å²) in [6, 6.07) is 5.30. The second-order valence-electron chi connectivity index (χ2n) is 4.40. The van der Waals surface area contributed by atoms with Gasteiger partial charge in [0.05, 0.1) is 13.2 Å². The molecule has 4 nitrogen and oxygen atoms in total. The summed E-state index contributed by atoms with van der Waals surface area (Å²) in [5.74, 6) is -0.135. The van der Waals surface area contributed by atoms with Gasteiger partial charge < -0.3 is 15.8 Å². The minimum atomic E-state index is -0.135. The zero-order valence-electron chi connectivity index (χ0n) is 11.0. The first-order valence-corrected chi connectivity index (χ1v) is 5.86. The van der Waals surface area contributed by atoms with Crippen LogP contribution in [0, 0.1) is 6.92 Å². The van der Waals surface area contributed by atoms with Crippen molar-refractivity contribution in [3.05, 3.63) is 41.5 Å². The summed E-state index contributed by atoms with van der Waals surface area (Å²) in [5.41, 5.74) is 8.80. The fraction of sp³-hybridized carbons (Fsp3) is 0.357. The molecule has 3 N–H and O–H groups in total. The van der Waals surface area contributed by atoms with Crippen LogP contribution in [0.15, 0.2) is 30.4 Å². The molecule has 0 aliphatic rings. The summed E-state index contributed by atoms with van der Waals surface area (Å²) >= 11 is 0. The normalized spacial score (nSPS) is 10.1. The van der Waals surface area contributed by atoms with E-state index in [9.17, 15) is 4.79 Å². The molecule has 0 unspecified atom stereocenters. The van der Waals surface area contributed by atoms with E-state index >= 15 is 0 Å². The van der Waals surface area contributed by atoms with Gasteiger partial charge in [-0.05, 0) is 37.6 Å². The van der Waals surface area contributed by atoms with E-state index in [1.807, 2.05) is 19.9 Å². The summed E-state index contributed by atoms with van der Waals surface area (Å²) in [5, 5.41) is 2.78. The molecule has 0 aliphatic heterocycles. The molecule has 1 rings (SSSR count). The summed E-state index contributed by atoms with van der Waals surface area (Å²) < 4.78 is 5.29. The van der Waals surface area contributed by atoms with Crippen LogP contribution < -0.4 is 11.1 Å². The molecule has 0 bridgehead atoms. The molecule has 0 fully saturated rings. The number of carbonyl (C=O) groups is 1. The first-order chi connectivity index (χ1) is 8.49. The highest BCUT2D eigenvalue weighted by molar-refractivity contribution is 5.95. The highest BCUT2D eigenvalue weighted by Crippen LogP contribution is 2.10. The molecule has 0 aromatic heterocycles. The van der Waals surface area contributed by atoms with E-state index < -0.39 is 0 Å². The van der Waals surface area contributed by atoms with Gasteiger partial charge in [-0.15, -0.1) is 0 Å². The average Bonchev–Trinajstić information content (AvgIpc) is 2.26. The quantitative estimate of drug-likeness (QED) is 0.459. The van der Waals surface area contributed by atoms with Crippen molar-refractivity contribution < 1.29 is 9.53 Å². The lowest BCUT2D eigenvalue weighted by Gasteiger charge is -2.07. The van der Waals surface area contributed by atoms with Gasteiger partial charge in [0, 0.05) is 17.8 Å². The fourth-order valence-electron chi connectivity index (χ4n) is 1.53. The second kappa shape index (κ2) is 6.81. The van der Waals surface area contributed by atoms with Crippen LogP contribution >= 0.6 is 0 Å². The SMILES string of the molecule is C=C(C)COCCNC(=O)c1cc(C)cc(N)c1. The van der Waals surface area contributed by atoms with Crippen molar-refractivity contribution >= 4 is 11.6 Å². The van der Waals surface area contributed by atoms with Crippen molar-refractivity contribution in [3.63, 3.8) is 0 Å². The molecule has 1 aromatic rings. The number of anilines is 1. The predicted molar refractivity (Wildman–Crippen MR) is 73.6 cm³/mol. The number of rotatable bonds is 6. The standard InChI is InChI=1S/C14H20N2O2/c1-10(2)9-18-5-4-16-14(17)12-6-11(3)7-13(15)8-12/h6-8H,1,4-5,9,15H2,2-3H3,(H,16,17). The Balaban J connectivity index is 2.38. The predicted octanol–water partition coefficient (Wildman–Crippen LogP) is 1.90. The summed E-state index contributed by atoms with van der Waals surface area (Å²) in [7, 11) is 0. The van der Waals surface area contributed by atoms with Gasteiger partial charge in [0.15, 0.2) is 0 Å². The Kier molecular flexibility index (Phi) is 5.39. The van der Waals surface area contributed by atoms with Gasteiger partial charge in [0.1, 0.15) is 0 Å². The maximum Gasteiger partial charge on any atom is 0.251 e. The third-order valence-electron chi connectivity index (χ3n) is 2.24. The van der Waals surface area contributed by atoms with Crippen LogP contribution in [0.25, 0.3) is 0 Å². The number of ether oxygens (including phenoxy) is 1. The largest absolute Gasteiger partial charge is 0.399 e. The molecule has 0 aliphatic carbocycles. The topological polar surface area (TPSA) is 64.3 Å². The number of benzene rings is 1. The Labute approximate surface area is 108 Å². The zero-order chi connectivity index (χ0) is 13.5.